The number of aromatic nitrogens is 4. The number of para-hydroxylation sites is 1. The molecule has 2 heterocycles. The molecule has 170 valence electrons. The van der Waals surface area contributed by atoms with E-state index in [4.69, 9.17) is 0 Å². The number of hydrogen-bond donors (Lipinski definition) is 1. The SMILES string of the molecule is Cc1cccc2c(=O)n(CCC(=O)N(C)CCCc3cc(-c4ccc(F)cc4)n[nH]3)cnc12. The normalized spacial score (nSPS) is 11.1. The zero-order valence-electron chi connectivity index (χ0n) is 18.7. The molecule has 33 heavy (non-hydrogen) atoms. The maximum atomic E-state index is 13.1. The van der Waals surface area contributed by atoms with E-state index in [1.54, 1.807) is 30.1 Å². The highest BCUT2D eigenvalue weighted by atomic mass is 19.1. The van der Waals surface area contributed by atoms with Crippen molar-refractivity contribution < 1.29 is 9.18 Å². The highest BCUT2D eigenvalue weighted by Gasteiger charge is 2.12. The van der Waals surface area contributed by atoms with Gasteiger partial charge in [0.2, 0.25) is 5.91 Å². The second kappa shape index (κ2) is 9.77. The van der Waals surface area contributed by atoms with Crippen molar-refractivity contribution in [2.75, 3.05) is 13.6 Å². The Hall–Kier alpha value is -3.81. The van der Waals surface area contributed by atoms with Gasteiger partial charge in [-0.2, -0.15) is 5.10 Å². The molecule has 0 saturated carbocycles. The molecule has 0 unspecified atom stereocenters. The lowest BCUT2D eigenvalue weighted by atomic mass is 10.1. The van der Waals surface area contributed by atoms with Crippen molar-refractivity contribution in [3.63, 3.8) is 0 Å². The van der Waals surface area contributed by atoms with Crippen molar-refractivity contribution in [1.29, 1.82) is 0 Å². The fraction of sp³-hybridized carbons (Fsp3) is 0.280. The molecule has 0 aliphatic heterocycles. The molecule has 7 nitrogen and oxygen atoms in total. The summed E-state index contributed by atoms with van der Waals surface area (Å²) in [6.45, 7) is 2.80. The number of aryl methyl sites for hydroxylation is 3. The average Bonchev–Trinajstić information content (AvgIpc) is 3.28. The van der Waals surface area contributed by atoms with Crippen molar-refractivity contribution in [2.24, 2.45) is 0 Å². The number of nitrogens with one attached hydrogen (secondary N) is 1. The number of hydrogen-bond acceptors (Lipinski definition) is 4. The molecule has 0 radical (unpaired) electrons. The van der Waals surface area contributed by atoms with Crippen LogP contribution in [-0.2, 0) is 17.8 Å². The van der Waals surface area contributed by atoms with Crippen LogP contribution in [0.25, 0.3) is 22.2 Å². The van der Waals surface area contributed by atoms with Crippen molar-refractivity contribution >= 4 is 16.8 Å². The molecule has 4 rings (SSSR count). The van der Waals surface area contributed by atoms with E-state index in [2.05, 4.69) is 15.2 Å². The number of aromatic amines is 1. The lowest BCUT2D eigenvalue weighted by Crippen LogP contribution is -2.30. The molecule has 0 fully saturated rings. The van der Waals surface area contributed by atoms with E-state index >= 15 is 0 Å². The van der Waals surface area contributed by atoms with Crippen molar-refractivity contribution in [3.8, 4) is 11.3 Å². The topological polar surface area (TPSA) is 83.9 Å². The van der Waals surface area contributed by atoms with Gasteiger partial charge in [-0.15, -0.1) is 0 Å². The van der Waals surface area contributed by atoms with Gasteiger partial charge in [-0.3, -0.25) is 19.3 Å². The summed E-state index contributed by atoms with van der Waals surface area (Å²) in [4.78, 5) is 31.3. The highest BCUT2D eigenvalue weighted by molar-refractivity contribution is 5.80. The quantitative estimate of drug-likeness (QED) is 0.446. The van der Waals surface area contributed by atoms with Gasteiger partial charge in [0.25, 0.3) is 5.56 Å². The Morgan fingerprint density at radius 1 is 1.18 bits per heavy atom. The van der Waals surface area contributed by atoms with E-state index in [1.165, 1.54) is 23.0 Å². The van der Waals surface area contributed by atoms with Crippen LogP contribution >= 0.6 is 0 Å². The number of amides is 1. The average molecular weight is 448 g/mol. The van der Waals surface area contributed by atoms with Crippen LogP contribution in [0.5, 0.6) is 0 Å². The summed E-state index contributed by atoms with van der Waals surface area (Å²) in [5.41, 5.74) is 4.09. The van der Waals surface area contributed by atoms with Gasteiger partial charge in [-0.05, 0) is 61.7 Å². The summed E-state index contributed by atoms with van der Waals surface area (Å²) in [5.74, 6) is -0.304. The molecule has 0 atom stereocenters. The Morgan fingerprint density at radius 3 is 2.76 bits per heavy atom. The van der Waals surface area contributed by atoms with E-state index in [-0.39, 0.29) is 23.7 Å². The zero-order chi connectivity index (χ0) is 23.4. The maximum absolute atomic E-state index is 13.1. The number of H-pyrrole nitrogens is 1. The minimum absolute atomic E-state index is 0.0251. The fourth-order valence-electron chi connectivity index (χ4n) is 3.79. The summed E-state index contributed by atoms with van der Waals surface area (Å²) in [6.07, 6.45) is 3.25. The van der Waals surface area contributed by atoms with Gasteiger partial charge in [-0.25, -0.2) is 9.37 Å². The molecule has 4 aromatic rings. The van der Waals surface area contributed by atoms with Crippen LogP contribution in [0.2, 0.25) is 0 Å². The predicted molar refractivity (Wildman–Crippen MR) is 125 cm³/mol. The monoisotopic (exact) mass is 447 g/mol. The first-order valence-corrected chi connectivity index (χ1v) is 10.9. The molecule has 0 saturated heterocycles. The largest absolute Gasteiger partial charge is 0.346 e. The predicted octanol–water partition coefficient (Wildman–Crippen LogP) is 3.72. The molecule has 2 aromatic heterocycles. The number of fused-ring (bicyclic) bond motifs is 1. The Balaban J connectivity index is 1.27. The summed E-state index contributed by atoms with van der Waals surface area (Å²) >= 11 is 0. The summed E-state index contributed by atoms with van der Waals surface area (Å²) in [5, 5.41) is 7.85. The van der Waals surface area contributed by atoms with Crippen LogP contribution in [0.3, 0.4) is 0 Å². The Morgan fingerprint density at radius 2 is 1.97 bits per heavy atom. The minimum Gasteiger partial charge on any atom is -0.346 e. The van der Waals surface area contributed by atoms with Crippen LogP contribution < -0.4 is 5.56 Å². The molecular weight excluding hydrogens is 421 g/mol. The number of halogens is 1. The molecule has 0 spiro atoms. The third-order valence-electron chi connectivity index (χ3n) is 5.76. The number of carbonyl (C=O) groups excluding carboxylic acids is 1. The third-order valence-corrected chi connectivity index (χ3v) is 5.76. The molecular formula is C25H26FN5O2. The first-order chi connectivity index (χ1) is 15.9. The Labute approximate surface area is 190 Å². The number of carbonyl (C=O) groups is 1. The first-order valence-electron chi connectivity index (χ1n) is 10.9. The number of nitrogens with zero attached hydrogens (tertiary/aromatic N) is 4. The molecule has 0 aliphatic carbocycles. The second-order valence-electron chi connectivity index (χ2n) is 8.17. The van der Waals surface area contributed by atoms with Crippen LogP contribution in [0.1, 0.15) is 24.1 Å². The second-order valence-corrected chi connectivity index (χ2v) is 8.17. The van der Waals surface area contributed by atoms with Crippen LogP contribution in [0, 0.1) is 12.7 Å². The van der Waals surface area contributed by atoms with Crippen LogP contribution in [0.15, 0.2) is 59.7 Å². The van der Waals surface area contributed by atoms with Gasteiger partial charge in [0.15, 0.2) is 0 Å². The number of benzene rings is 2. The third kappa shape index (κ3) is 5.16. The van der Waals surface area contributed by atoms with Gasteiger partial charge < -0.3 is 4.90 Å². The first kappa shape index (κ1) is 22.4. The Kier molecular flexibility index (Phi) is 6.63. The van der Waals surface area contributed by atoms with Gasteiger partial charge in [0.05, 0.1) is 22.9 Å². The summed E-state index contributed by atoms with van der Waals surface area (Å²) in [6, 6.07) is 13.7. The molecule has 0 aliphatic rings. The van der Waals surface area contributed by atoms with Gasteiger partial charge >= 0.3 is 0 Å². The molecule has 1 amide bonds. The lowest BCUT2D eigenvalue weighted by Gasteiger charge is -2.17. The lowest BCUT2D eigenvalue weighted by molar-refractivity contribution is -0.130. The maximum Gasteiger partial charge on any atom is 0.261 e. The van der Waals surface area contributed by atoms with Crippen molar-refractivity contribution in [1.82, 2.24) is 24.6 Å². The van der Waals surface area contributed by atoms with E-state index in [0.717, 1.165) is 35.4 Å². The van der Waals surface area contributed by atoms with E-state index in [0.29, 0.717) is 24.0 Å². The van der Waals surface area contributed by atoms with Gasteiger partial charge in [0, 0.05) is 37.8 Å². The number of rotatable bonds is 8. The van der Waals surface area contributed by atoms with Gasteiger partial charge in [0.1, 0.15) is 5.82 Å². The zero-order valence-corrected chi connectivity index (χ0v) is 18.7. The standard InChI is InChI=1S/C25H26FN5O2/c1-17-5-3-7-21-24(17)27-16-31(25(21)33)14-12-23(32)30(2)13-4-6-20-15-22(29-28-20)18-8-10-19(26)11-9-18/h3,5,7-11,15-16H,4,6,12-14H2,1-2H3,(H,28,29). The van der Waals surface area contributed by atoms with Crippen molar-refractivity contribution in [3.05, 3.63) is 82.3 Å². The van der Waals surface area contributed by atoms with Crippen LogP contribution in [0.4, 0.5) is 4.39 Å². The Bertz CT molecular complexity index is 1330. The smallest absolute Gasteiger partial charge is 0.261 e. The summed E-state index contributed by atoms with van der Waals surface area (Å²) < 4.78 is 14.6. The molecule has 8 heteroatoms. The van der Waals surface area contributed by atoms with E-state index in [9.17, 15) is 14.0 Å². The molecule has 0 bridgehead atoms. The summed E-state index contributed by atoms with van der Waals surface area (Å²) in [7, 11) is 1.77. The molecule has 2 aromatic carbocycles. The van der Waals surface area contributed by atoms with E-state index in [1.807, 2.05) is 25.1 Å². The van der Waals surface area contributed by atoms with E-state index < -0.39 is 0 Å². The van der Waals surface area contributed by atoms with Crippen LogP contribution in [-0.4, -0.2) is 44.1 Å². The van der Waals surface area contributed by atoms with Crippen molar-refractivity contribution in [2.45, 2.75) is 32.7 Å². The highest BCUT2D eigenvalue weighted by Crippen LogP contribution is 2.18. The molecule has 1 N–H and O–H groups in total. The van der Waals surface area contributed by atoms with Gasteiger partial charge in [-0.1, -0.05) is 12.1 Å². The minimum atomic E-state index is -0.279. The fourth-order valence-corrected chi connectivity index (χ4v) is 3.79.